The first kappa shape index (κ1) is 14.4. The molecule has 0 spiro atoms. The molecule has 0 bridgehead atoms. The number of piperidine rings is 1. The molecular weight excluding hydrogens is 262 g/mol. The molecule has 0 unspecified atom stereocenters. The predicted octanol–water partition coefficient (Wildman–Crippen LogP) is 2.89. The summed E-state index contributed by atoms with van der Waals surface area (Å²) in [5.74, 6) is 0. The van der Waals surface area contributed by atoms with Gasteiger partial charge in [0.05, 0.1) is 23.0 Å². The van der Waals surface area contributed by atoms with Crippen LogP contribution in [0.3, 0.4) is 0 Å². The summed E-state index contributed by atoms with van der Waals surface area (Å²) in [5.41, 5.74) is 2.29. The Morgan fingerprint density at radius 1 is 1.10 bits per heavy atom. The lowest BCUT2D eigenvalue weighted by molar-refractivity contribution is 0.578. The third-order valence-electron chi connectivity index (χ3n) is 3.44. The topological polar surface area (TPSA) is 86.6 Å². The Bertz CT molecular complexity index is 647. The van der Waals surface area contributed by atoms with Crippen molar-refractivity contribution in [3.8, 4) is 18.2 Å². The highest BCUT2D eigenvalue weighted by molar-refractivity contribution is 5.73. The fourth-order valence-corrected chi connectivity index (χ4v) is 2.37. The van der Waals surface area contributed by atoms with E-state index in [-0.39, 0.29) is 5.57 Å². The Labute approximate surface area is 124 Å². The predicted molar refractivity (Wildman–Crippen MR) is 80.2 cm³/mol. The van der Waals surface area contributed by atoms with Crippen LogP contribution in [0.1, 0.15) is 24.8 Å². The molecule has 1 N–H and O–H groups in total. The van der Waals surface area contributed by atoms with E-state index in [0.717, 1.165) is 37.3 Å². The molecule has 1 saturated heterocycles. The summed E-state index contributed by atoms with van der Waals surface area (Å²) < 4.78 is 0. The van der Waals surface area contributed by atoms with Crippen LogP contribution in [0, 0.1) is 34.0 Å². The first-order valence-electron chi connectivity index (χ1n) is 6.84. The van der Waals surface area contributed by atoms with Crippen LogP contribution >= 0.6 is 0 Å². The van der Waals surface area contributed by atoms with Gasteiger partial charge in [-0.3, -0.25) is 0 Å². The van der Waals surface area contributed by atoms with E-state index in [0.29, 0.717) is 5.56 Å². The van der Waals surface area contributed by atoms with E-state index in [4.69, 9.17) is 15.8 Å². The van der Waals surface area contributed by atoms with Crippen molar-refractivity contribution in [3.63, 3.8) is 0 Å². The molecule has 0 saturated carbocycles. The molecule has 104 valence electrons. The second-order valence-corrected chi connectivity index (χ2v) is 4.82. The third-order valence-corrected chi connectivity index (χ3v) is 3.44. The first-order chi connectivity index (χ1) is 10.3. The Kier molecular flexibility index (Phi) is 4.80. The zero-order valence-electron chi connectivity index (χ0n) is 11.6. The lowest BCUT2D eigenvalue weighted by atomic mass is 10.1. The molecule has 21 heavy (non-hydrogen) atoms. The van der Waals surface area contributed by atoms with Crippen molar-refractivity contribution < 1.29 is 0 Å². The maximum absolute atomic E-state index is 9.02. The summed E-state index contributed by atoms with van der Waals surface area (Å²) in [6.07, 6.45) is 4.92. The van der Waals surface area contributed by atoms with E-state index in [1.807, 2.05) is 18.2 Å². The zero-order valence-corrected chi connectivity index (χ0v) is 11.6. The van der Waals surface area contributed by atoms with Crippen LogP contribution in [0.2, 0.25) is 0 Å². The molecule has 1 heterocycles. The van der Waals surface area contributed by atoms with Crippen molar-refractivity contribution in [2.75, 3.05) is 23.3 Å². The molecule has 0 aliphatic carbocycles. The Balaban J connectivity index is 2.32. The minimum Gasteiger partial charge on any atom is -0.370 e. The Hall–Kier alpha value is -2.97. The van der Waals surface area contributed by atoms with E-state index < -0.39 is 0 Å². The summed E-state index contributed by atoms with van der Waals surface area (Å²) in [6.45, 7) is 1.96. The molecule has 5 heteroatoms. The number of anilines is 2. The second kappa shape index (κ2) is 6.98. The highest BCUT2D eigenvalue weighted by atomic mass is 15.1. The van der Waals surface area contributed by atoms with Crippen LogP contribution in [0.25, 0.3) is 0 Å². The molecule has 1 aromatic carbocycles. The average molecular weight is 277 g/mol. The largest absolute Gasteiger partial charge is 0.370 e. The summed E-state index contributed by atoms with van der Waals surface area (Å²) in [5, 5.41) is 29.6. The van der Waals surface area contributed by atoms with Crippen LogP contribution in [0.15, 0.2) is 30.0 Å². The number of nitrogens with zero attached hydrogens (tertiary/aromatic N) is 4. The summed E-state index contributed by atoms with van der Waals surface area (Å²) in [4.78, 5) is 2.26. The normalized spacial score (nSPS) is 13.5. The van der Waals surface area contributed by atoms with E-state index in [2.05, 4.69) is 16.3 Å². The van der Waals surface area contributed by atoms with Crippen molar-refractivity contribution in [3.05, 3.63) is 35.5 Å². The van der Waals surface area contributed by atoms with Gasteiger partial charge < -0.3 is 10.2 Å². The number of allylic oxidation sites excluding steroid dienone is 1. The minimum atomic E-state index is 0.00181. The fraction of sp³-hybridized carbons (Fsp3) is 0.312. The molecular formula is C16H15N5. The van der Waals surface area contributed by atoms with E-state index in [9.17, 15) is 0 Å². The van der Waals surface area contributed by atoms with E-state index >= 15 is 0 Å². The van der Waals surface area contributed by atoms with Crippen molar-refractivity contribution in [1.29, 1.82) is 15.8 Å². The minimum absolute atomic E-state index is 0.00181. The number of benzene rings is 1. The average Bonchev–Trinajstić information content (AvgIpc) is 2.56. The van der Waals surface area contributed by atoms with Gasteiger partial charge in [-0.05, 0) is 37.5 Å². The number of hydrogen-bond donors (Lipinski definition) is 1. The highest BCUT2D eigenvalue weighted by Crippen LogP contribution is 2.29. The van der Waals surface area contributed by atoms with Crippen LogP contribution in [0.5, 0.6) is 0 Å². The summed E-state index contributed by atoms with van der Waals surface area (Å²) in [7, 11) is 0. The molecule has 0 amide bonds. The van der Waals surface area contributed by atoms with Crippen molar-refractivity contribution in [2.24, 2.45) is 0 Å². The quantitative estimate of drug-likeness (QED) is 0.858. The third kappa shape index (κ3) is 3.53. The number of rotatable bonds is 3. The van der Waals surface area contributed by atoms with Gasteiger partial charge in [-0.15, -0.1) is 0 Å². The van der Waals surface area contributed by atoms with Crippen LogP contribution < -0.4 is 10.2 Å². The molecule has 0 atom stereocenters. The van der Waals surface area contributed by atoms with Crippen molar-refractivity contribution in [2.45, 2.75) is 19.3 Å². The van der Waals surface area contributed by atoms with Gasteiger partial charge in [0.1, 0.15) is 17.7 Å². The lowest BCUT2D eigenvalue weighted by Crippen LogP contribution is -2.29. The molecule has 1 aromatic rings. The second-order valence-electron chi connectivity index (χ2n) is 4.82. The van der Waals surface area contributed by atoms with Crippen molar-refractivity contribution >= 4 is 11.4 Å². The number of nitriles is 3. The number of nitrogens with one attached hydrogen (secondary N) is 1. The maximum Gasteiger partial charge on any atom is 0.145 e. The van der Waals surface area contributed by atoms with Gasteiger partial charge in [0.25, 0.3) is 0 Å². The van der Waals surface area contributed by atoms with Gasteiger partial charge in [0.15, 0.2) is 0 Å². The number of hydrogen-bond acceptors (Lipinski definition) is 5. The molecule has 2 rings (SSSR count). The summed E-state index contributed by atoms with van der Waals surface area (Å²) >= 11 is 0. The Morgan fingerprint density at radius 3 is 2.43 bits per heavy atom. The van der Waals surface area contributed by atoms with Crippen LogP contribution in [-0.2, 0) is 0 Å². The van der Waals surface area contributed by atoms with Crippen molar-refractivity contribution in [1.82, 2.24) is 0 Å². The molecule has 0 aromatic heterocycles. The Morgan fingerprint density at radius 2 is 1.81 bits per heavy atom. The van der Waals surface area contributed by atoms with Crippen LogP contribution in [0.4, 0.5) is 11.4 Å². The SMILES string of the molecule is N#CC(C#N)=CNc1cc(C#N)ccc1N1CCCCC1. The monoisotopic (exact) mass is 277 g/mol. The molecule has 1 fully saturated rings. The molecule has 5 nitrogen and oxygen atoms in total. The van der Waals surface area contributed by atoms with E-state index in [1.165, 1.54) is 12.6 Å². The van der Waals surface area contributed by atoms with Gasteiger partial charge in [0.2, 0.25) is 0 Å². The van der Waals surface area contributed by atoms with Gasteiger partial charge in [-0.25, -0.2) is 0 Å². The van der Waals surface area contributed by atoms with Gasteiger partial charge in [-0.1, -0.05) is 0 Å². The van der Waals surface area contributed by atoms with Gasteiger partial charge in [0, 0.05) is 19.3 Å². The molecule has 0 radical (unpaired) electrons. The smallest absolute Gasteiger partial charge is 0.145 e. The van der Waals surface area contributed by atoms with E-state index in [1.54, 1.807) is 12.1 Å². The molecule has 1 aliphatic rings. The highest BCUT2D eigenvalue weighted by Gasteiger charge is 2.14. The summed E-state index contributed by atoms with van der Waals surface area (Å²) in [6, 6.07) is 11.2. The first-order valence-corrected chi connectivity index (χ1v) is 6.84. The lowest BCUT2D eigenvalue weighted by Gasteiger charge is -2.30. The maximum atomic E-state index is 9.02. The van der Waals surface area contributed by atoms with Gasteiger partial charge >= 0.3 is 0 Å². The zero-order chi connectivity index (χ0) is 15.1. The fourth-order valence-electron chi connectivity index (χ4n) is 2.37. The molecule has 1 aliphatic heterocycles. The van der Waals surface area contributed by atoms with Crippen LogP contribution in [-0.4, -0.2) is 13.1 Å². The van der Waals surface area contributed by atoms with Gasteiger partial charge in [-0.2, -0.15) is 15.8 Å². The standard InChI is InChI=1S/C16H15N5/c17-9-13-4-5-16(21-6-2-1-3-7-21)15(8-13)20-12-14(10-18)11-19/h4-5,8,12,20H,1-3,6-7H2.